The first-order valence-corrected chi connectivity index (χ1v) is 10.4. The highest BCUT2D eigenvalue weighted by Crippen LogP contribution is 2.41. The summed E-state index contributed by atoms with van der Waals surface area (Å²) in [6.07, 6.45) is 3.16. The van der Waals surface area contributed by atoms with E-state index in [1.165, 1.54) is 0 Å². The maximum Gasteiger partial charge on any atom is 0.241 e. The minimum Gasteiger partial charge on any atom is -0.355 e. The van der Waals surface area contributed by atoms with E-state index in [2.05, 4.69) is 5.32 Å². The van der Waals surface area contributed by atoms with E-state index < -0.39 is 14.6 Å². The number of aryl methyl sites for hydroxylation is 2. The highest BCUT2D eigenvalue weighted by Gasteiger charge is 2.53. The second-order valence-electron chi connectivity index (χ2n) is 7.39. The summed E-state index contributed by atoms with van der Waals surface area (Å²) in [5.74, 6) is -0.329. The van der Waals surface area contributed by atoms with Gasteiger partial charge in [0.15, 0.2) is 14.6 Å². The highest BCUT2D eigenvalue weighted by molar-refractivity contribution is 7.93. The van der Waals surface area contributed by atoms with Crippen molar-refractivity contribution in [3.63, 3.8) is 0 Å². The summed E-state index contributed by atoms with van der Waals surface area (Å²) in [4.78, 5) is 15.3. The first kappa shape index (κ1) is 19.9. The van der Waals surface area contributed by atoms with Gasteiger partial charge in [-0.3, -0.25) is 4.79 Å². The summed E-state index contributed by atoms with van der Waals surface area (Å²) in [6.45, 7) is 5.03. The number of nitrogens with one attached hydrogen (secondary N) is 1. The normalized spacial score (nSPS) is 17.0. The van der Waals surface area contributed by atoms with Crippen LogP contribution in [0.15, 0.2) is 23.1 Å². The first-order valence-electron chi connectivity index (χ1n) is 8.96. The Hall–Kier alpha value is -1.40. The molecule has 1 saturated carbocycles. The summed E-state index contributed by atoms with van der Waals surface area (Å²) in [5, 5.41) is 2.89. The van der Waals surface area contributed by atoms with Crippen LogP contribution in [-0.2, 0) is 14.6 Å². The predicted molar refractivity (Wildman–Crippen MR) is 100 cm³/mol. The van der Waals surface area contributed by atoms with E-state index in [4.69, 9.17) is 0 Å². The molecule has 140 valence electrons. The van der Waals surface area contributed by atoms with Gasteiger partial charge >= 0.3 is 0 Å². The second kappa shape index (κ2) is 7.87. The van der Waals surface area contributed by atoms with Gasteiger partial charge in [-0.2, -0.15) is 0 Å². The zero-order valence-corrected chi connectivity index (χ0v) is 16.6. The van der Waals surface area contributed by atoms with E-state index in [0.717, 1.165) is 31.4 Å². The summed E-state index contributed by atoms with van der Waals surface area (Å²) < 4.78 is 25.6. The molecule has 0 bridgehead atoms. The van der Waals surface area contributed by atoms with Gasteiger partial charge in [-0.15, -0.1) is 0 Å². The molecule has 1 aromatic rings. The molecule has 0 saturated heterocycles. The molecule has 1 N–H and O–H groups in total. The molecule has 0 spiro atoms. The molecule has 0 unspecified atom stereocenters. The second-order valence-corrected chi connectivity index (χ2v) is 9.61. The molecule has 1 fully saturated rings. The molecule has 2 rings (SSSR count). The molecular weight excluding hydrogens is 336 g/mol. The van der Waals surface area contributed by atoms with Crippen LogP contribution < -0.4 is 5.32 Å². The van der Waals surface area contributed by atoms with Gasteiger partial charge in [-0.25, -0.2) is 8.42 Å². The van der Waals surface area contributed by atoms with Crippen LogP contribution in [0, 0.1) is 13.8 Å². The van der Waals surface area contributed by atoms with Gasteiger partial charge < -0.3 is 10.2 Å². The third-order valence-corrected chi connectivity index (χ3v) is 7.68. The lowest BCUT2D eigenvalue weighted by atomic mass is 10.1. The number of hydrogen-bond donors (Lipinski definition) is 1. The molecule has 1 aliphatic carbocycles. The van der Waals surface area contributed by atoms with Crippen molar-refractivity contribution in [1.82, 2.24) is 10.2 Å². The molecule has 0 aromatic heterocycles. The Bertz CT molecular complexity index is 720. The molecule has 0 aliphatic heterocycles. The lowest BCUT2D eigenvalue weighted by Crippen LogP contribution is -2.51. The third-order valence-electron chi connectivity index (χ3n) is 5.04. The molecule has 0 radical (unpaired) electrons. The fourth-order valence-corrected chi connectivity index (χ4v) is 5.93. The van der Waals surface area contributed by atoms with Crippen LogP contribution in [0.4, 0.5) is 0 Å². The van der Waals surface area contributed by atoms with Crippen LogP contribution in [0.2, 0.25) is 0 Å². The van der Waals surface area contributed by atoms with E-state index in [1.54, 1.807) is 13.0 Å². The van der Waals surface area contributed by atoms with Crippen molar-refractivity contribution in [2.24, 2.45) is 0 Å². The van der Waals surface area contributed by atoms with Crippen molar-refractivity contribution in [2.45, 2.75) is 55.6 Å². The van der Waals surface area contributed by atoms with Gasteiger partial charge in [-0.05, 0) is 70.9 Å². The average Bonchev–Trinajstić information content (AvgIpc) is 3.05. The minimum absolute atomic E-state index is 0.304. The van der Waals surface area contributed by atoms with Gasteiger partial charge in [-0.1, -0.05) is 25.0 Å². The number of benzene rings is 1. The Morgan fingerprint density at radius 2 is 1.84 bits per heavy atom. The van der Waals surface area contributed by atoms with E-state index in [-0.39, 0.29) is 5.91 Å². The Kier molecular flexibility index (Phi) is 6.27. The van der Waals surface area contributed by atoms with Crippen molar-refractivity contribution < 1.29 is 13.2 Å². The van der Waals surface area contributed by atoms with Crippen molar-refractivity contribution in [3.05, 3.63) is 29.3 Å². The molecular formula is C19H30N2O3S. The highest BCUT2D eigenvalue weighted by atomic mass is 32.2. The maximum atomic E-state index is 13.4. The SMILES string of the molecule is Cc1ccc(C)c(S(=O)(=O)C2(C(=O)NCCCN(C)C)CCCC2)c1. The van der Waals surface area contributed by atoms with Crippen molar-refractivity contribution >= 4 is 15.7 Å². The molecule has 25 heavy (non-hydrogen) atoms. The number of sulfone groups is 1. The third kappa shape index (κ3) is 4.06. The summed E-state index contributed by atoms with van der Waals surface area (Å²) in [5.41, 5.74) is 1.60. The quantitative estimate of drug-likeness (QED) is 0.753. The standard InChI is InChI=1S/C19H30N2O3S/c1-15-8-9-16(2)17(14-15)25(23,24)19(10-5-6-11-19)18(22)20-12-7-13-21(3)4/h8-9,14H,5-7,10-13H2,1-4H3,(H,20,22). The van der Waals surface area contributed by atoms with Crippen LogP contribution in [0.25, 0.3) is 0 Å². The number of rotatable bonds is 7. The predicted octanol–water partition coefficient (Wildman–Crippen LogP) is 2.46. The topological polar surface area (TPSA) is 66.5 Å². The van der Waals surface area contributed by atoms with Crippen molar-refractivity contribution in [2.75, 3.05) is 27.2 Å². The van der Waals surface area contributed by atoms with E-state index in [1.807, 2.05) is 38.1 Å². The largest absolute Gasteiger partial charge is 0.355 e. The van der Waals surface area contributed by atoms with Crippen molar-refractivity contribution in [3.8, 4) is 0 Å². The van der Waals surface area contributed by atoms with E-state index >= 15 is 0 Å². The van der Waals surface area contributed by atoms with E-state index in [9.17, 15) is 13.2 Å². The number of carbonyl (C=O) groups excluding carboxylic acids is 1. The molecule has 6 heteroatoms. The van der Waals surface area contributed by atoms with E-state index in [0.29, 0.717) is 29.8 Å². The van der Waals surface area contributed by atoms with Crippen LogP contribution in [-0.4, -0.2) is 51.2 Å². The fourth-order valence-electron chi connectivity index (χ4n) is 3.53. The van der Waals surface area contributed by atoms with Gasteiger partial charge in [0.05, 0.1) is 4.90 Å². The van der Waals surface area contributed by atoms with Gasteiger partial charge in [0.25, 0.3) is 0 Å². The maximum absolute atomic E-state index is 13.4. The fraction of sp³-hybridized carbons (Fsp3) is 0.632. The van der Waals surface area contributed by atoms with Crippen LogP contribution >= 0.6 is 0 Å². The van der Waals surface area contributed by atoms with Gasteiger partial charge in [0.2, 0.25) is 5.91 Å². The van der Waals surface area contributed by atoms with Crippen LogP contribution in [0.5, 0.6) is 0 Å². The Morgan fingerprint density at radius 1 is 1.20 bits per heavy atom. The number of carbonyl (C=O) groups is 1. The summed E-state index contributed by atoms with van der Waals surface area (Å²) >= 11 is 0. The molecule has 0 atom stereocenters. The minimum atomic E-state index is -3.73. The van der Waals surface area contributed by atoms with Crippen molar-refractivity contribution in [1.29, 1.82) is 0 Å². The molecule has 5 nitrogen and oxygen atoms in total. The number of hydrogen-bond acceptors (Lipinski definition) is 4. The molecule has 0 heterocycles. The van der Waals surface area contributed by atoms with Gasteiger partial charge in [0.1, 0.15) is 0 Å². The van der Waals surface area contributed by atoms with Crippen LogP contribution in [0.1, 0.15) is 43.2 Å². The first-order chi connectivity index (χ1) is 11.7. The average molecular weight is 367 g/mol. The summed E-state index contributed by atoms with van der Waals surface area (Å²) in [6, 6.07) is 5.42. The molecule has 1 amide bonds. The molecule has 1 aromatic carbocycles. The Labute approximate surface area is 151 Å². The lowest BCUT2D eigenvalue weighted by molar-refractivity contribution is -0.123. The molecule has 1 aliphatic rings. The monoisotopic (exact) mass is 366 g/mol. The smallest absolute Gasteiger partial charge is 0.241 e. The van der Waals surface area contributed by atoms with Gasteiger partial charge in [0, 0.05) is 6.54 Å². The number of nitrogens with zero attached hydrogens (tertiary/aromatic N) is 1. The number of amides is 1. The Morgan fingerprint density at radius 3 is 2.44 bits per heavy atom. The van der Waals surface area contributed by atoms with Crippen LogP contribution in [0.3, 0.4) is 0 Å². The zero-order valence-electron chi connectivity index (χ0n) is 15.8. The Balaban J connectivity index is 2.29. The summed E-state index contributed by atoms with van der Waals surface area (Å²) in [7, 11) is 0.226. The lowest BCUT2D eigenvalue weighted by Gasteiger charge is -2.28. The zero-order chi connectivity index (χ0) is 18.7.